The Bertz CT molecular complexity index is 597. The van der Waals surface area contributed by atoms with E-state index in [9.17, 15) is 13.2 Å². The molecular weight excluding hydrogens is 316 g/mol. The number of nitrogens with one attached hydrogen (secondary N) is 1. The number of fused-ring (bicyclic) bond motifs is 2. The summed E-state index contributed by atoms with van der Waals surface area (Å²) >= 11 is 0. The van der Waals surface area contributed by atoms with E-state index in [1.165, 1.54) is 17.6 Å². The van der Waals surface area contributed by atoms with E-state index in [4.69, 9.17) is 4.74 Å². The van der Waals surface area contributed by atoms with Gasteiger partial charge >= 0.3 is 6.03 Å². The van der Waals surface area contributed by atoms with Crippen molar-refractivity contribution in [3.8, 4) is 0 Å². The Kier molecular flexibility index (Phi) is 3.95. The summed E-state index contributed by atoms with van der Waals surface area (Å²) in [5, 5.41) is 3.17. The van der Waals surface area contributed by atoms with Crippen LogP contribution in [-0.4, -0.2) is 62.7 Å². The molecule has 3 atom stereocenters. The molecule has 3 fully saturated rings. The van der Waals surface area contributed by atoms with E-state index >= 15 is 0 Å². The van der Waals surface area contributed by atoms with Crippen molar-refractivity contribution in [3.05, 3.63) is 0 Å². The van der Waals surface area contributed by atoms with Crippen molar-refractivity contribution in [2.45, 2.75) is 56.4 Å². The van der Waals surface area contributed by atoms with Crippen LogP contribution in [0.25, 0.3) is 0 Å². The molecule has 132 valence electrons. The Hall–Kier alpha value is -0.820. The number of nitrogens with zero attached hydrogens (tertiary/aromatic N) is 1. The first-order chi connectivity index (χ1) is 10.6. The van der Waals surface area contributed by atoms with E-state index in [0.29, 0.717) is 12.0 Å². The zero-order valence-corrected chi connectivity index (χ0v) is 15.3. The lowest BCUT2D eigenvalue weighted by Gasteiger charge is -2.63. The van der Waals surface area contributed by atoms with Crippen LogP contribution in [0.5, 0.6) is 0 Å². The van der Waals surface area contributed by atoms with Gasteiger partial charge in [0.1, 0.15) is 0 Å². The van der Waals surface area contributed by atoms with E-state index < -0.39 is 14.6 Å². The molecule has 2 saturated carbocycles. The fraction of sp³-hybridized carbons (Fsp3) is 0.938. The quantitative estimate of drug-likeness (QED) is 0.837. The van der Waals surface area contributed by atoms with Crippen LogP contribution >= 0.6 is 0 Å². The first-order valence-electron chi connectivity index (χ1n) is 8.41. The summed E-state index contributed by atoms with van der Waals surface area (Å²) in [6.07, 6.45) is 6.00. The van der Waals surface area contributed by atoms with Gasteiger partial charge in [-0.1, -0.05) is 6.42 Å². The van der Waals surface area contributed by atoms with Crippen molar-refractivity contribution < 1.29 is 17.9 Å². The summed E-state index contributed by atoms with van der Waals surface area (Å²) in [7, 11) is -1.56. The van der Waals surface area contributed by atoms with Gasteiger partial charge in [0.25, 0.3) is 0 Å². The number of hydrogen-bond donors (Lipinski definition) is 1. The normalized spacial score (nSPS) is 31.9. The average molecular weight is 344 g/mol. The van der Waals surface area contributed by atoms with Crippen LogP contribution in [0.3, 0.4) is 0 Å². The molecule has 0 aromatic rings. The molecule has 7 heteroatoms. The molecular formula is C16H28N2O4S. The van der Waals surface area contributed by atoms with Crippen LogP contribution in [0.15, 0.2) is 0 Å². The van der Waals surface area contributed by atoms with Crippen molar-refractivity contribution in [1.29, 1.82) is 0 Å². The van der Waals surface area contributed by atoms with E-state index in [1.807, 2.05) is 0 Å². The van der Waals surface area contributed by atoms with Crippen molar-refractivity contribution in [2.24, 2.45) is 11.3 Å². The molecule has 1 heterocycles. The van der Waals surface area contributed by atoms with Gasteiger partial charge in [-0.2, -0.15) is 0 Å². The second-order valence-electron chi connectivity index (χ2n) is 8.15. The van der Waals surface area contributed by atoms with Gasteiger partial charge in [0, 0.05) is 43.8 Å². The minimum Gasteiger partial charge on any atom is -0.377 e. The first kappa shape index (κ1) is 17.0. The fourth-order valence-electron chi connectivity index (χ4n) is 4.46. The summed E-state index contributed by atoms with van der Waals surface area (Å²) in [6, 6.07) is 0.00314. The molecule has 6 nitrogen and oxygen atoms in total. The topological polar surface area (TPSA) is 75.7 Å². The predicted octanol–water partition coefficient (Wildman–Crippen LogP) is 1.41. The highest BCUT2D eigenvalue weighted by Crippen LogP contribution is 2.62. The smallest absolute Gasteiger partial charge is 0.317 e. The summed E-state index contributed by atoms with van der Waals surface area (Å²) in [5.41, 5.74) is 0.143. The maximum Gasteiger partial charge on any atom is 0.317 e. The van der Waals surface area contributed by atoms with E-state index in [-0.39, 0.29) is 24.0 Å². The van der Waals surface area contributed by atoms with Gasteiger partial charge < -0.3 is 15.0 Å². The number of carbonyl (C=O) groups excluding carboxylic acids is 1. The second-order valence-corrected chi connectivity index (χ2v) is 10.8. The molecule has 1 spiro atoms. The van der Waals surface area contributed by atoms with Crippen molar-refractivity contribution >= 4 is 15.9 Å². The van der Waals surface area contributed by atoms with E-state index in [1.54, 1.807) is 20.9 Å². The van der Waals surface area contributed by atoms with Crippen LogP contribution in [0.1, 0.15) is 39.5 Å². The minimum absolute atomic E-state index is 0.143. The molecule has 2 amide bonds. The lowest BCUT2D eigenvalue weighted by atomic mass is 9.46. The zero-order valence-electron chi connectivity index (χ0n) is 14.5. The monoisotopic (exact) mass is 344 g/mol. The maximum atomic E-state index is 12.5. The third-order valence-corrected chi connectivity index (χ3v) is 8.42. The number of amides is 2. The van der Waals surface area contributed by atoms with E-state index in [0.717, 1.165) is 25.9 Å². The number of carbonyl (C=O) groups is 1. The molecule has 1 N–H and O–H groups in total. The number of ether oxygens (including phenoxy) is 1. The SMILES string of the molecule is CN(CC(C)(C)S(C)(=O)=O)C(=O)N[C@@H]1[C@@H]2CCO[C@@H]2C12CCC2. The van der Waals surface area contributed by atoms with Gasteiger partial charge in [-0.15, -0.1) is 0 Å². The van der Waals surface area contributed by atoms with Crippen molar-refractivity contribution in [1.82, 2.24) is 10.2 Å². The highest BCUT2D eigenvalue weighted by atomic mass is 32.2. The second kappa shape index (κ2) is 5.34. The van der Waals surface area contributed by atoms with Crippen LogP contribution in [0.4, 0.5) is 4.79 Å². The molecule has 0 radical (unpaired) electrons. The number of sulfone groups is 1. The highest BCUT2D eigenvalue weighted by molar-refractivity contribution is 7.92. The Labute approximate surface area is 138 Å². The number of urea groups is 1. The summed E-state index contributed by atoms with van der Waals surface area (Å²) in [4.78, 5) is 14.0. The minimum atomic E-state index is -3.22. The van der Waals surface area contributed by atoms with Crippen LogP contribution in [0.2, 0.25) is 0 Å². The molecule has 2 aliphatic carbocycles. The van der Waals surface area contributed by atoms with Gasteiger partial charge in [-0.25, -0.2) is 13.2 Å². The summed E-state index contributed by atoms with van der Waals surface area (Å²) in [6.45, 7) is 4.29. The molecule has 1 saturated heterocycles. The van der Waals surface area contributed by atoms with Crippen molar-refractivity contribution in [3.63, 3.8) is 0 Å². The molecule has 0 aromatic carbocycles. The third-order valence-electron chi connectivity index (χ3n) is 6.28. The lowest BCUT2D eigenvalue weighted by Crippen LogP contribution is -2.72. The Morgan fingerprint density at radius 3 is 2.57 bits per heavy atom. The molecule has 23 heavy (non-hydrogen) atoms. The first-order valence-corrected chi connectivity index (χ1v) is 10.3. The lowest BCUT2D eigenvalue weighted by molar-refractivity contribution is -0.172. The van der Waals surface area contributed by atoms with Gasteiger partial charge in [0.15, 0.2) is 9.84 Å². The van der Waals surface area contributed by atoms with Crippen LogP contribution < -0.4 is 5.32 Å². The van der Waals surface area contributed by atoms with E-state index in [2.05, 4.69) is 5.32 Å². The number of rotatable bonds is 4. The standard InChI is InChI=1S/C16H28N2O4S/c1-15(2,23(4,20)21)10-18(3)14(19)17-12-11-6-9-22-13(11)16(12)7-5-8-16/h11-13H,5-10H2,1-4H3,(H,17,19)/t11-,12+,13-/m0/s1. The van der Waals surface area contributed by atoms with Gasteiger partial charge in [0.05, 0.1) is 10.9 Å². The summed E-state index contributed by atoms with van der Waals surface area (Å²) < 4.78 is 28.6. The Morgan fingerprint density at radius 1 is 1.39 bits per heavy atom. The molecule has 0 bridgehead atoms. The largest absolute Gasteiger partial charge is 0.377 e. The highest BCUT2D eigenvalue weighted by Gasteiger charge is 2.67. The zero-order chi connectivity index (χ0) is 17.0. The van der Waals surface area contributed by atoms with Gasteiger partial charge in [0.2, 0.25) is 0 Å². The van der Waals surface area contributed by atoms with Crippen LogP contribution in [-0.2, 0) is 14.6 Å². The maximum absolute atomic E-state index is 12.5. The Balaban J connectivity index is 1.63. The van der Waals surface area contributed by atoms with Crippen LogP contribution in [0, 0.1) is 11.3 Å². The summed E-state index contributed by atoms with van der Waals surface area (Å²) in [5.74, 6) is 0.426. The Morgan fingerprint density at radius 2 is 2.04 bits per heavy atom. The molecule has 1 aliphatic heterocycles. The molecule has 0 aromatic heterocycles. The molecule has 3 rings (SSSR count). The van der Waals surface area contributed by atoms with Gasteiger partial charge in [-0.05, 0) is 33.1 Å². The van der Waals surface area contributed by atoms with Gasteiger partial charge in [-0.3, -0.25) is 0 Å². The predicted molar refractivity (Wildman–Crippen MR) is 88.0 cm³/mol. The molecule has 3 aliphatic rings. The van der Waals surface area contributed by atoms with Crippen molar-refractivity contribution in [2.75, 3.05) is 26.5 Å². The third kappa shape index (κ3) is 2.56. The molecule has 0 unspecified atom stereocenters. The average Bonchev–Trinajstić information content (AvgIpc) is 2.77. The fourth-order valence-corrected chi connectivity index (χ4v) is 4.89. The number of hydrogen-bond acceptors (Lipinski definition) is 4.